The van der Waals surface area contributed by atoms with Crippen LogP contribution in [-0.4, -0.2) is 29.1 Å². The van der Waals surface area contributed by atoms with Crippen LogP contribution in [0.15, 0.2) is 24.3 Å². The van der Waals surface area contributed by atoms with E-state index < -0.39 is 5.97 Å². The lowest BCUT2D eigenvalue weighted by Gasteiger charge is -2.36. The van der Waals surface area contributed by atoms with E-state index in [-0.39, 0.29) is 5.92 Å². The number of benzene rings is 1. The van der Waals surface area contributed by atoms with E-state index in [0.717, 1.165) is 6.54 Å². The molecule has 1 aliphatic heterocycles. The number of carboxylic acids is 1. The Bertz CT molecular complexity index is 407. The number of hydrogen-bond donors (Lipinski definition) is 1. The summed E-state index contributed by atoms with van der Waals surface area (Å²) < 4.78 is 0. The van der Waals surface area contributed by atoms with Gasteiger partial charge in [0, 0.05) is 19.6 Å². The highest BCUT2D eigenvalue weighted by molar-refractivity contribution is 5.71. The molecule has 3 nitrogen and oxygen atoms in total. The first kappa shape index (κ1) is 14.1. The highest BCUT2D eigenvalue weighted by atomic mass is 16.4. The molecule has 1 aliphatic rings. The standard InChI is InChI=1S/C16H23NO2/c1-2-3-4-5-13-6-8-14(9-7-13)10-17-11-15(12-17)16(18)19/h6-9,15H,2-5,10-12H2,1H3,(H,18,19). The van der Waals surface area contributed by atoms with Crippen molar-refractivity contribution in [3.05, 3.63) is 35.4 Å². The molecule has 0 aliphatic carbocycles. The number of aliphatic carboxylic acids is 1. The number of likely N-dealkylation sites (tertiary alicyclic amines) is 1. The summed E-state index contributed by atoms with van der Waals surface area (Å²) in [5, 5.41) is 8.83. The molecular weight excluding hydrogens is 238 g/mol. The molecular formula is C16H23NO2. The van der Waals surface area contributed by atoms with E-state index in [9.17, 15) is 4.79 Å². The zero-order valence-corrected chi connectivity index (χ0v) is 11.6. The Balaban J connectivity index is 1.75. The fraction of sp³-hybridized carbons (Fsp3) is 0.562. The molecule has 3 heteroatoms. The van der Waals surface area contributed by atoms with Crippen LogP contribution in [0.4, 0.5) is 0 Å². The summed E-state index contributed by atoms with van der Waals surface area (Å²) >= 11 is 0. The number of carbonyl (C=O) groups is 1. The summed E-state index contributed by atoms with van der Waals surface area (Å²) in [5.74, 6) is -0.823. The van der Waals surface area contributed by atoms with Crippen molar-refractivity contribution in [1.29, 1.82) is 0 Å². The molecule has 0 bridgehead atoms. The van der Waals surface area contributed by atoms with Gasteiger partial charge in [0.15, 0.2) is 0 Å². The molecule has 1 aromatic carbocycles. The van der Waals surface area contributed by atoms with Gasteiger partial charge in [0.05, 0.1) is 5.92 Å². The highest BCUT2D eigenvalue weighted by Crippen LogP contribution is 2.19. The van der Waals surface area contributed by atoms with E-state index in [1.807, 2.05) is 0 Å². The Morgan fingerprint density at radius 1 is 1.21 bits per heavy atom. The minimum absolute atomic E-state index is 0.159. The van der Waals surface area contributed by atoms with Crippen molar-refractivity contribution in [3.63, 3.8) is 0 Å². The summed E-state index contributed by atoms with van der Waals surface area (Å²) in [6.07, 6.45) is 4.99. The summed E-state index contributed by atoms with van der Waals surface area (Å²) in [6.45, 7) is 4.47. The van der Waals surface area contributed by atoms with Crippen molar-refractivity contribution in [1.82, 2.24) is 4.90 Å². The second kappa shape index (κ2) is 6.71. The lowest BCUT2D eigenvalue weighted by molar-refractivity contribution is -0.147. The molecule has 0 amide bonds. The topological polar surface area (TPSA) is 40.5 Å². The lowest BCUT2D eigenvalue weighted by Crippen LogP contribution is -2.49. The van der Waals surface area contributed by atoms with Crippen LogP contribution in [-0.2, 0) is 17.8 Å². The quantitative estimate of drug-likeness (QED) is 0.767. The first-order chi connectivity index (χ1) is 9.19. The molecule has 1 heterocycles. The van der Waals surface area contributed by atoms with Crippen molar-refractivity contribution >= 4 is 5.97 Å². The lowest BCUT2D eigenvalue weighted by atomic mass is 9.99. The number of nitrogens with zero attached hydrogens (tertiary/aromatic N) is 1. The second-order valence-electron chi connectivity index (χ2n) is 5.50. The van der Waals surface area contributed by atoms with Crippen LogP contribution in [0.1, 0.15) is 37.3 Å². The number of unbranched alkanes of at least 4 members (excludes halogenated alkanes) is 2. The van der Waals surface area contributed by atoms with Crippen molar-refractivity contribution in [2.75, 3.05) is 13.1 Å². The van der Waals surface area contributed by atoms with E-state index in [1.54, 1.807) is 0 Å². The van der Waals surface area contributed by atoms with Gasteiger partial charge in [-0.3, -0.25) is 9.69 Å². The third-order valence-corrected chi connectivity index (χ3v) is 3.80. The zero-order valence-electron chi connectivity index (χ0n) is 11.6. The molecule has 0 radical (unpaired) electrons. The fourth-order valence-corrected chi connectivity index (χ4v) is 2.50. The largest absolute Gasteiger partial charge is 0.481 e. The Labute approximate surface area is 115 Å². The van der Waals surface area contributed by atoms with Gasteiger partial charge in [-0.2, -0.15) is 0 Å². The van der Waals surface area contributed by atoms with E-state index >= 15 is 0 Å². The summed E-state index contributed by atoms with van der Waals surface area (Å²) in [6, 6.07) is 8.77. The summed E-state index contributed by atoms with van der Waals surface area (Å²) in [4.78, 5) is 12.9. The molecule has 0 spiro atoms. The van der Waals surface area contributed by atoms with Gasteiger partial charge in [-0.15, -0.1) is 0 Å². The van der Waals surface area contributed by atoms with E-state index in [0.29, 0.717) is 13.1 Å². The number of rotatable bonds is 7. The third kappa shape index (κ3) is 4.06. The summed E-state index contributed by atoms with van der Waals surface area (Å²) in [5.41, 5.74) is 2.69. The second-order valence-corrected chi connectivity index (χ2v) is 5.50. The first-order valence-corrected chi connectivity index (χ1v) is 7.22. The first-order valence-electron chi connectivity index (χ1n) is 7.22. The average Bonchev–Trinajstić information content (AvgIpc) is 2.35. The van der Waals surface area contributed by atoms with Gasteiger partial charge in [0.1, 0.15) is 0 Å². The van der Waals surface area contributed by atoms with Crippen molar-refractivity contribution < 1.29 is 9.90 Å². The number of hydrogen-bond acceptors (Lipinski definition) is 2. The molecule has 1 aromatic rings. The highest BCUT2D eigenvalue weighted by Gasteiger charge is 2.31. The van der Waals surface area contributed by atoms with Crippen LogP contribution >= 0.6 is 0 Å². The number of aryl methyl sites for hydroxylation is 1. The van der Waals surface area contributed by atoms with Crippen LogP contribution in [0.2, 0.25) is 0 Å². The van der Waals surface area contributed by atoms with Gasteiger partial charge in [-0.25, -0.2) is 0 Å². The van der Waals surface area contributed by atoms with Crippen molar-refractivity contribution in [2.24, 2.45) is 5.92 Å². The Morgan fingerprint density at radius 3 is 2.42 bits per heavy atom. The van der Waals surface area contributed by atoms with Crippen LogP contribution in [0.5, 0.6) is 0 Å². The molecule has 2 rings (SSSR count). The smallest absolute Gasteiger partial charge is 0.309 e. The normalized spacial score (nSPS) is 16.3. The molecule has 104 valence electrons. The van der Waals surface area contributed by atoms with Crippen LogP contribution in [0.3, 0.4) is 0 Å². The average molecular weight is 261 g/mol. The van der Waals surface area contributed by atoms with E-state index in [4.69, 9.17) is 5.11 Å². The van der Waals surface area contributed by atoms with Gasteiger partial charge < -0.3 is 5.11 Å². The molecule has 19 heavy (non-hydrogen) atoms. The van der Waals surface area contributed by atoms with Crippen molar-refractivity contribution in [3.8, 4) is 0 Å². The minimum Gasteiger partial charge on any atom is -0.481 e. The molecule has 1 saturated heterocycles. The van der Waals surface area contributed by atoms with Crippen LogP contribution in [0, 0.1) is 5.92 Å². The molecule has 0 unspecified atom stereocenters. The molecule has 0 saturated carbocycles. The molecule has 0 aromatic heterocycles. The number of carboxylic acid groups (broad SMARTS) is 1. The zero-order chi connectivity index (χ0) is 13.7. The van der Waals surface area contributed by atoms with Gasteiger partial charge in [-0.05, 0) is 24.0 Å². The maximum atomic E-state index is 10.7. The minimum atomic E-state index is -0.664. The Kier molecular flexibility index (Phi) is 4.97. The Morgan fingerprint density at radius 2 is 1.84 bits per heavy atom. The third-order valence-electron chi connectivity index (χ3n) is 3.80. The molecule has 1 N–H and O–H groups in total. The van der Waals surface area contributed by atoms with Gasteiger partial charge in [0.2, 0.25) is 0 Å². The van der Waals surface area contributed by atoms with Gasteiger partial charge in [0.25, 0.3) is 0 Å². The molecule has 1 fully saturated rings. The maximum absolute atomic E-state index is 10.7. The predicted octanol–water partition coefficient (Wildman–Crippen LogP) is 2.94. The van der Waals surface area contributed by atoms with Crippen molar-refractivity contribution in [2.45, 2.75) is 39.2 Å². The van der Waals surface area contributed by atoms with E-state index in [1.165, 1.54) is 36.8 Å². The SMILES string of the molecule is CCCCCc1ccc(CN2CC(C(=O)O)C2)cc1. The molecule has 0 atom stereocenters. The van der Waals surface area contributed by atoms with Crippen LogP contribution < -0.4 is 0 Å². The van der Waals surface area contributed by atoms with Gasteiger partial charge in [-0.1, -0.05) is 44.0 Å². The van der Waals surface area contributed by atoms with Crippen LogP contribution in [0.25, 0.3) is 0 Å². The van der Waals surface area contributed by atoms with E-state index in [2.05, 4.69) is 36.1 Å². The predicted molar refractivity (Wildman–Crippen MR) is 76.1 cm³/mol. The summed E-state index contributed by atoms with van der Waals surface area (Å²) in [7, 11) is 0. The Hall–Kier alpha value is -1.35. The monoisotopic (exact) mass is 261 g/mol. The maximum Gasteiger partial charge on any atom is 0.309 e. The van der Waals surface area contributed by atoms with Gasteiger partial charge >= 0.3 is 5.97 Å². The fourth-order valence-electron chi connectivity index (χ4n) is 2.50.